The third-order valence-electron chi connectivity index (χ3n) is 2.92. The fraction of sp³-hybridized carbons (Fsp3) is 0.154. The van der Waals surface area contributed by atoms with Gasteiger partial charge in [-0.3, -0.25) is 0 Å². The molecule has 0 amide bonds. The van der Waals surface area contributed by atoms with Gasteiger partial charge in [-0.15, -0.1) is 0 Å². The Hall–Kier alpha value is -2.63. The Labute approximate surface area is 109 Å². The molecule has 3 rings (SSSR count). The Morgan fingerprint density at radius 2 is 2.16 bits per heavy atom. The Morgan fingerprint density at radius 3 is 2.89 bits per heavy atom. The fourth-order valence-electron chi connectivity index (χ4n) is 1.80. The molecule has 1 atom stereocenters. The molecule has 6 heteroatoms. The first-order valence-corrected chi connectivity index (χ1v) is 5.85. The molecule has 6 nitrogen and oxygen atoms in total. The molecule has 0 aliphatic heterocycles. The van der Waals surface area contributed by atoms with Gasteiger partial charge < -0.3 is 14.2 Å². The van der Waals surface area contributed by atoms with Crippen LogP contribution in [0.4, 0.5) is 0 Å². The maximum atomic E-state index is 9.75. The molecule has 3 aromatic rings. The molecule has 0 fully saturated rings. The molecule has 2 heterocycles. The van der Waals surface area contributed by atoms with Gasteiger partial charge in [0.25, 0.3) is 5.89 Å². The Bertz CT molecular complexity index is 676. The average molecular weight is 256 g/mol. The van der Waals surface area contributed by atoms with Gasteiger partial charge in [-0.25, -0.2) is 4.98 Å². The van der Waals surface area contributed by atoms with Gasteiger partial charge >= 0.3 is 0 Å². The predicted molar refractivity (Wildman–Crippen MR) is 67.4 cm³/mol. The molecular weight excluding hydrogens is 244 g/mol. The van der Waals surface area contributed by atoms with Crippen LogP contribution in [-0.2, 0) is 0 Å². The van der Waals surface area contributed by atoms with E-state index in [0.717, 1.165) is 0 Å². The first-order valence-electron chi connectivity index (χ1n) is 5.85. The highest BCUT2D eigenvalue weighted by atomic mass is 16.5. The molecular formula is C13H12N4O2. The van der Waals surface area contributed by atoms with Crippen molar-refractivity contribution in [1.29, 1.82) is 0 Å². The van der Waals surface area contributed by atoms with E-state index in [9.17, 15) is 5.11 Å². The topological polar surface area (TPSA) is 77.0 Å². The van der Waals surface area contributed by atoms with Crippen LogP contribution in [0.25, 0.3) is 11.5 Å². The maximum absolute atomic E-state index is 9.75. The second kappa shape index (κ2) is 4.56. The van der Waals surface area contributed by atoms with E-state index in [-0.39, 0.29) is 11.8 Å². The maximum Gasteiger partial charge on any atom is 0.261 e. The zero-order chi connectivity index (χ0) is 13.2. The number of phenolic OH excluding ortho intramolecular Hbond substituents is 1. The van der Waals surface area contributed by atoms with Crippen LogP contribution in [0.2, 0.25) is 0 Å². The van der Waals surface area contributed by atoms with Crippen LogP contribution in [0, 0.1) is 0 Å². The molecule has 1 N–H and O–H groups in total. The van der Waals surface area contributed by atoms with Crippen molar-refractivity contribution >= 4 is 0 Å². The van der Waals surface area contributed by atoms with E-state index in [4.69, 9.17) is 4.52 Å². The van der Waals surface area contributed by atoms with E-state index >= 15 is 0 Å². The number of benzene rings is 1. The van der Waals surface area contributed by atoms with Crippen LogP contribution in [-0.4, -0.2) is 24.8 Å². The molecule has 0 bridgehead atoms. The predicted octanol–water partition coefficient (Wildman–Crippen LogP) is 2.25. The molecule has 0 saturated carbocycles. The minimum absolute atomic E-state index is 0.0779. The number of hydrogen-bond donors (Lipinski definition) is 1. The lowest BCUT2D eigenvalue weighted by Gasteiger charge is -2.06. The van der Waals surface area contributed by atoms with Gasteiger partial charge in [-0.2, -0.15) is 4.98 Å². The largest absolute Gasteiger partial charge is 0.507 e. The summed E-state index contributed by atoms with van der Waals surface area (Å²) in [4.78, 5) is 8.30. The van der Waals surface area contributed by atoms with E-state index in [2.05, 4.69) is 15.1 Å². The normalized spacial score (nSPS) is 12.5. The first-order chi connectivity index (χ1) is 9.25. The number of nitrogens with zero attached hydrogens (tertiary/aromatic N) is 4. The van der Waals surface area contributed by atoms with Crippen LogP contribution >= 0.6 is 0 Å². The highest BCUT2D eigenvalue weighted by Crippen LogP contribution is 2.28. The average Bonchev–Trinajstić information content (AvgIpc) is 3.10. The molecule has 0 radical (unpaired) electrons. The van der Waals surface area contributed by atoms with Gasteiger partial charge in [-0.05, 0) is 19.1 Å². The molecule has 2 aromatic heterocycles. The third-order valence-corrected chi connectivity index (χ3v) is 2.92. The summed E-state index contributed by atoms with van der Waals surface area (Å²) in [5.74, 6) is 0.962. The summed E-state index contributed by atoms with van der Waals surface area (Å²) < 4.78 is 7.07. The number of aromatic hydroxyl groups is 1. The minimum Gasteiger partial charge on any atom is -0.507 e. The fourth-order valence-corrected chi connectivity index (χ4v) is 1.80. The van der Waals surface area contributed by atoms with Gasteiger partial charge in [-0.1, -0.05) is 17.3 Å². The third kappa shape index (κ3) is 2.08. The minimum atomic E-state index is -0.0779. The van der Waals surface area contributed by atoms with Crippen molar-refractivity contribution in [3.8, 4) is 17.2 Å². The number of para-hydroxylation sites is 1. The van der Waals surface area contributed by atoms with Crippen LogP contribution in [0.3, 0.4) is 0 Å². The van der Waals surface area contributed by atoms with Crippen molar-refractivity contribution in [2.45, 2.75) is 13.0 Å². The van der Waals surface area contributed by atoms with Crippen molar-refractivity contribution in [1.82, 2.24) is 19.7 Å². The second-order valence-corrected chi connectivity index (χ2v) is 4.16. The lowest BCUT2D eigenvalue weighted by molar-refractivity contribution is 0.408. The smallest absolute Gasteiger partial charge is 0.261 e. The molecule has 19 heavy (non-hydrogen) atoms. The standard InChI is InChI=1S/C13H12N4O2/c1-9(17-7-6-14-8-17)12-15-13(19-16-12)10-4-2-3-5-11(10)18/h2-9,18H,1H3. The monoisotopic (exact) mass is 256 g/mol. The van der Waals surface area contributed by atoms with Crippen molar-refractivity contribution in [3.63, 3.8) is 0 Å². The van der Waals surface area contributed by atoms with Crippen molar-refractivity contribution in [2.75, 3.05) is 0 Å². The highest BCUT2D eigenvalue weighted by Gasteiger charge is 2.17. The number of hydrogen-bond acceptors (Lipinski definition) is 5. The lowest BCUT2D eigenvalue weighted by Crippen LogP contribution is -2.06. The van der Waals surface area contributed by atoms with Crippen molar-refractivity contribution in [3.05, 3.63) is 48.8 Å². The Morgan fingerprint density at radius 1 is 1.32 bits per heavy atom. The van der Waals surface area contributed by atoms with E-state index in [1.807, 2.05) is 17.7 Å². The lowest BCUT2D eigenvalue weighted by atomic mass is 10.2. The zero-order valence-corrected chi connectivity index (χ0v) is 10.3. The summed E-state index contributed by atoms with van der Waals surface area (Å²) in [6.07, 6.45) is 5.22. The summed E-state index contributed by atoms with van der Waals surface area (Å²) in [5, 5.41) is 13.7. The van der Waals surface area contributed by atoms with Gasteiger partial charge in [0, 0.05) is 12.4 Å². The van der Waals surface area contributed by atoms with Gasteiger partial charge in [0.1, 0.15) is 5.75 Å². The van der Waals surface area contributed by atoms with Crippen LogP contribution in [0.1, 0.15) is 18.8 Å². The van der Waals surface area contributed by atoms with Gasteiger partial charge in [0.2, 0.25) is 0 Å². The summed E-state index contributed by atoms with van der Waals surface area (Å²) in [6, 6.07) is 6.78. The Balaban J connectivity index is 1.94. The van der Waals surface area contributed by atoms with Crippen LogP contribution < -0.4 is 0 Å². The van der Waals surface area contributed by atoms with Crippen molar-refractivity contribution in [2.24, 2.45) is 0 Å². The number of aromatic nitrogens is 4. The number of phenols is 1. The summed E-state index contributed by atoms with van der Waals surface area (Å²) in [7, 11) is 0. The Kier molecular flexibility index (Phi) is 2.75. The number of rotatable bonds is 3. The zero-order valence-electron chi connectivity index (χ0n) is 10.3. The molecule has 0 aliphatic rings. The van der Waals surface area contributed by atoms with Crippen LogP contribution in [0.5, 0.6) is 5.75 Å². The van der Waals surface area contributed by atoms with Gasteiger partial charge in [0.15, 0.2) is 5.82 Å². The van der Waals surface area contributed by atoms with Crippen LogP contribution in [0.15, 0.2) is 47.5 Å². The molecule has 0 saturated heterocycles. The molecule has 0 aliphatic carbocycles. The molecule has 0 spiro atoms. The second-order valence-electron chi connectivity index (χ2n) is 4.16. The highest BCUT2D eigenvalue weighted by molar-refractivity contribution is 5.61. The quantitative estimate of drug-likeness (QED) is 0.777. The van der Waals surface area contributed by atoms with E-state index in [0.29, 0.717) is 17.3 Å². The van der Waals surface area contributed by atoms with Gasteiger partial charge in [0.05, 0.1) is 17.9 Å². The summed E-state index contributed by atoms with van der Waals surface area (Å²) >= 11 is 0. The summed E-state index contributed by atoms with van der Waals surface area (Å²) in [6.45, 7) is 1.95. The molecule has 96 valence electrons. The SMILES string of the molecule is CC(c1noc(-c2ccccc2O)n1)n1ccnc1. The van der Waals surface area contributed by atoms with E-state index < -0.39 is 0 Å². The van der Waals surface area contributed by atoms with Crippen molar-refractivity contribution < 1.29 is 9.63 Å². The summed E-state index contributed by atoms with van der Waals surface area (Å²) in [5.41, 5.74) is 0.527. The number of imidazole rings is 1. The molecule has 1 unspecified atom stereocenters. The van der Waals surface area contributed by atoms with E-state index in [1.165, 1.54) is 0 Å². The van der Waals surface area contributed by atoms with E-state index in [1.54, 1.807) is 36.8 Å². The molecule has 1 aromatic carbocycles. The first kappa shape index (κ1) is 11.5.